The lowest BCUT2D eigenvalue weighted by atomic mass is 10.0. The predicted molar refractivity (Wildman–Crippen MR) is 111 cm³/mol. The lowest BCUT2D eigenvalue weighted by molar-refractivity contribution is -0.152. The molecule has 2 amide bonds. The van der Waals surface area contributed by atoms with E-state index in [1.165, 1.54) is 29.2 Å². The summed E-state index contributed by atoms with van der Waals surface area (Å²) in [5.74, 6) is -2.42. The Labute approximate surface area is 184 Å². The van der Waals surface area contributed by atoms with Gasteiger partial charge in [-0.1, -0.05) is 5.16 Å². The quantitative estimate of drug-likeness (QED) is 0.144. The van der Waals surface area contributed by atoms with Crippen molar-refractivity contribution in [3.8, 4) is 0 Å². The van der Waals surface area contributed by atoms with Gasteiger partial charge in [0.05, 0.1) is 6.61 Å². The predicted octanol–water partition coefficient (Wildman–Crippen LogP) is -0.232. The van der Waals surface area contributed by atoms with Gasteiger partial charge in [0.25, 0.3) is 11.8 Å². The zero-order chi connectivity index (χ0) is 22.5. The molecule has 2 aliphatic heterocycles. The number of thioether (sulfide) groups is 1. The van der Waals surface area contributed by atoms with Crippen LogP contribution in [0.2, 0.25) is 0 Å². The third-order valence-corrected chi connectivity index (χ3v) is 6.13. The molecule has 3 heterocycles. The van der Waals surface area contributed by atoms with Gasteiger partial charge in [-0.15, -0.1) is 23.1 Å². The molecule has 4 N–H and O–H groups in total. The molecule has 0 saturated carbocycles. The second kappa shape index (κ2) is 9.78. The van der Waals surface area contributed by atoms with Gasteiger partial charge in [-0.05, 0) is 12.5 Å². The maximum atomic E-state index is 12.7. The molecule has 2 aliphatic rings. The number of nitrogens with zero attached hydrogens (tertiary/aromatic N) is 3. The number of carbonyl (C=O) groups is 4. The first kappa shape index (κ1) is 22.6. The number of nitrogens with one attached hydrogen (secondary N) is 1. The number of carboxylic acid groups (broad SMARTS) is 1. The molecule has 0 radical (unpaired) electrons. The van der Waals surface area contributed by atoms with Crippen molar-refractivity contribution >= 4 is 57.7 Å². The van der Waals surface area contributed by atoms with Crippen molar-refractivity contribution < 1.29 is 33.9 Å². The zero-order valence-corrected chi connectivity index (χ0v) is 17.9. The summed E-state index contributed by atoms with van der Waals surface area (Å²) in [5, 5.41) is 16.2. The number of nitrogens with two attached hydrogens (primary N) is 1. The summed E-state index contributed by atoms with van der Waals surface area (Å²) in [6.45, 7) is -0.0733. The molecule has 1 saturated heterocycles. The number of aromatic nitrogens is 1. The second-order valence-electron chi connectivity index (χ2n) is 6.30. The van der Waals surface area contributed by atoms with E-state index in [1.807, 2.05) is 0 Å². The molecule has 3 rings (SSSR count). The molecule has 0 aromatic carbocycles. The summed E-state index contributed by atoms with van der Waals surface area (Å²) >= 11 is 2.50. The lowest BCUT2D eigenvalue weighted by Crippen LogP contribution is -2.70. The van der Waals surface area contributed by atoms with Gasteiger partial charge in [-0.2, -0.15) is 0 Å². The molecule has 0 bridgehead atoms. The van der Waals surface area contributed by atoms with E-state index in [4.69, 9.17) is 20.4 Å². The Morgan fingerprint density at radius 2 is 2.23 bits per heavy atom. The van der Waals surface area contributed by atoms with Crippen LogP contribution in [0, 0.1) is 0 Å². The number of ether oxygens (including phenoxy) is 1. The first-order chi connectivity index (χ1) is 14.8. The molecule has 1 aromatic heterocycles. The van der Waals surface area contributed by atoms with Crippen LogP contribution >= 0.6 is 23.1 Å². The van der Waals surface area contributed by atoms with Crippen molar-refractivity contribution in [3.05, 3.63) is 22.8 Å². The van der Waals surface area contributed by atoms with Gasteiger partial charge in [-0.25, -0.2) is 9.78 Å². The standard InChI is InChI=1S/C17H19N5O7S2/c1-28-21-11(8-7-31-17(18)19-8)13(25)20-12-14(26)22-9(4-6-30-15(12)22)16(27)29-5-2-3-10(23)24/h4,7,12,15H,2-3,5-6H2,1H3,(H2,18,19)(H,20,25)(H,23,24)/b21-11+. The first-order valence-corrected chi connectivity index (χ1v) is 10.9. The van der Waals surface area contributed by atoms with Crippen molar-refractivity contribution in [3.63, 3.8) is 0 Å². The van der Waals surface area contributed by atoms with Gasteiger partial charge in [0, 0.05) is 17.6 Å². The van der Waals surface area contributed by atoms with Gasteiger partial charge in [0.15, 0.2) is 10.8 Å². The average Bonchev–Trinajstić information content (AvgIpc) is 3.17. The SMILES string of the molecule is CO/N=C(/C(=O)NC1C(=O)N2C(C(=O)OCCCC(=O)O)=CCSC12)c1csc(N)n1. The molecule has 1 fully saturated rings. The van der Waals surface area contributed by atoms with Crippen molar-refractivity contribution in [1.29, 1.82) is 0 Å². The Morgan fingerprint density at radius 3 is 2.87 bits per heavy atom. The van der Waals surface area contributed by atoms with Gasteiger partial charge in [0.2, 0.25) is 0 Å². The van der Waals surface area contributed by atoms with Crippen LogP contribution in [0.3, 0.4) is 0 Å². The Hall–Kier alpha value is -3.13. The third-order valence-electron chi connectivity index (χ3n) is 4.27. The fourth-order valence-corrected chi connectivity index (χ4v) is 4.64. The fourth-order valence-electron chi connectivity index (χ4n) is 2.89. The van der Waals surface area contributed by atoms with Crippen LogP contribution in [0.5, 0.6) is 0 Å². The van der Waals surface area contributed by atoms with Crippen LogP contribution in [0.25, 0.3) is 0 Å². The van der Waals surface area contributed by atoms with Gasteiger partial charge in [-0.3, -0.25) is 19.3 Å². The molecule has 2 unspecified atom stereocenters. The van der Waals surface area contributed by atoms with Crippen LogP contribution in [0.15, 0.2) is 22.3 Å². The molecule has 166 valence electrons. The number of hydrogen-bond donors (Lipinski definition) is 3. The molecular formula is C17H19N5O7S2. The number of β-lactam (4-membered cyclic amide) rings is 1. The summed E-state index contributed by atoms with van der Waals surface area (Å²) in [6, 6.07) is -0.876. The Morgan fingerprint density at radius 1 is 1.45 bits per heavy atom. The lowest BCUT2D eigenvalue weighted by Gasteiger charge is -2.48. The van der Waals surface area contributed by atoms with Crippen LogP contribution in [0.4, 0.5) is 5.13 Å². The second-order valence-corrected chi connectivity index (χ2v) is 8.34. The van der Waals surface area contributed by atoms with Crippen molar-refractivity contribution in [2.75, 3.05) is 25.2 Å². The van der Waals surface area contributed by atoms with Crippen molar-refractivity contribution in [2.24, 2.45) is 5.16 Å². The number of nitrogen functional groups attached to an aromatic ring is 1. The highest BCUT2D eigenvalue weighted by molar-refractivity contribution is 8.00. The average molecular weight is 470 g/mol. The summed E-state index contributed by atoms with van der Waals surface area (Å²) in [5.41, 5.74) is 5.76. The monoisotopic (exact) mass is 469 g/mol. The smallest absolute Gasteiger partial charge is 0.354 e. The summed E-state index contributed by atoms with van der Waals surface area (Å²) in [4.78, 5) is 58.1. The van der Waals surface area contributed by atoms with Crippen molar-refractivity contribution in [1.82, 2.24) is 15.2 Å². The molecular weight excluding hydrogens is 450 g/mol. The molecule has 12 nitrogen and oxygen atoms in total. The zero-order valence-electron chi connectivity index (χ0n) is 16.3. The number of oxime groups is 1. The molecule has 1 aromatic rings. The van der Waals surface area contributed by atoms with E-state index in [2.05, 4.69) is 15.5 Å². The van der Waals surface area contributed by atoms with Crippen LogP contribution in [-0.2, 0) is 28.8 Å². The van der Waals surface area contributed by atoms with Gasteiger partial charge >= 0.3 is 11.9 Å². The number of anilines is 1. The van der Waals surface area contributed by atoms with Crippen LogP contribution in [-0.4, -0.2) is 75.3 Å². The minimum Gasteiger partial charge on any atom is -0.481 e. The van der Waals surface area contributed by atoms with Gasteiger partial charge < -0.3 is 25.7 Å². The van der Waals surface area contributed by atoms with Crippen molar-refractivity contribution in [2.45, 2.75) is 24.3 Å². The molecule has 14 heteroatoms. The van der Waals surface area contributed by atoms with Crippen LogP contribution < -0.4 is 11.1 Å². The first-order valence-electron chi connectivity index (χ1n) is 9.00. The van der Waals surface area contributed by atoms with E-state index in [9.17, 15) is 19.2 Å². The van der Waals surface area contributed by atoms with E-state index in [0.29, 0.717) is 5.75 Å². The van der Waals surface area contributed by atoms with E-state index in [-0.39, 0.29) is 41.7 Å². The number of rotatable bonds is 9. The van der Waals surface area contributed by atoms with E-state index in [0.717, 1.165) is 11.3 Å². The largest absolute Gasteiger partial charge is 0.481 e. The highest BCUT2D eigenvalue weighted by Crippen LogP contribution is 2.37. The van der Waals surface area contributed by atoms with Gasteiger partial charge in [0.1, 0.15) is 29.9 Å². The highest BCUT2D eigenvalue weighted by Gasteiger charge is 2.53. The van der Waals surface area contributed by atoms with E-state index < -0.39 is 35.2 Å². The highest BCUT2D eigenvalue weighted by atomic mass is 32.2. The number of fused-ring (bicyclic) bond motifs is 1. The maximum absolute atomic E-state index is 12.7. The number of esters is 1. The fraction of sp³-hybridized carbons (Fsp3) is 0.412. The van der Waals surface area contributed by atoms with E-state index >= 15 is 0 Å². The normalized spacial score (nSPS) is 20.3. The Balaban J connectivity index is 1.62. The summed E-state index contributed by atoms with van der Waals surface area (Å²) < 4.78 is 5.06. The maximum Gasteiger partial charge on any atom is 0.354 e. The molecule has 0 spiro atoms. The Bertz CT molecular complexity index is 960. The Kier molecular flexibility index (Phi) is 7.12. The number of aliphatic carboxylic acids is 1. The van der Waals surface area contributed by atoms with E-state index in [1.54, 1.807) is 6.08 Å². The minimum absolute atomic E-state index is 0.0733. The third kappa shape index (κ3) is 4.96. The molecule has 0 aliphatic carbocycles. The molecule has 31 heavy (non-hydrogen) atoms. The van der Waals surface area contributed by atoms with Crippen LogP contribution in [0.1, 0.15) is 18.5 Å². The number of hydrogen-bond acceptors (Lipinski definition) is 11. The topological polar surface area (TPSA) is 174 Å². The number of carboxylic acids is 1. The molecule has 2 atom stereocenters. The summed E-state index contributed by atoms with van der Waals surface area (Å²) in [7, 11) is 1.27. The minimum atomic E-state index is -0.988. The summed E-state index contributed by atoms with van der Waals surface area (Å²) in [6.07, 6.45) is 1.60. The number of thiazole rings is 1. The number of carbonyl (C=O) groups excluding carboxylic acids is 3. The number of amides is 2.